The number of fused-ring (bicyclic) bond motifs is 1. The molecule has 4 N–H and O–H groups in total. The van der Waals surface area contributed by atoms with Crippen molar-refractivity contribution in [1.29, 1.82) is 0 Å². The quantitative estimate of drug-likeness (QED) is 0.809. The standard InChI is InChI=1S/C17H23N5/c18-12-5-1-2-6-13(12)20-17-16(19-11-9-10-11)21-14-7-3-4-8-15(14)22-17/h3-4,7-8,11-13H,1-2,5-6,9-10,18H2,(H,19,21)(H,20,22). The lowest BCUT2D eigenvalue weighted by molar-refractivity contribution is 0.403. The van der Waals surface area contributed by atoms with Crippen molar-refractivity contribution in [1.82, 2.24) is 9.97 Å². The highest BCUT2D eigenvalue weighted by Crippen LogP contribution is 2.30. The van der Waals surface area contributed by atoms with Crippen molar-refractivity contribution >= 4 is 22.7 Å². The molecule has 1 aromatic carbocycles. The van der Waals surface area contributed by atoms with Gasteiger partial charge in [0, 0.05) is 18.1 Å². The molecule has 0 aliphatic heterocycles. The maximum Gasteiger partial charge on any atom is 0.170 e. The van der Waals surface area contributed by atoms with Crippen LogP contribution in [0.1, 0.15) is 38.5 Å². The van der Waals surface area contributed by atoms with Crippen molar-refractivity contribution in [2.45, 2.75) is 56.7 Å². The Kier molecular flexibility index (Phi) is 3.58. The molecule has 1 heterocycles. The number of rotatable bonds is 4. The Bertz CT molecular complexity index is 667. The Balaban J connectivity index is 1.66. The third-order valence-electron chi connectivity index (χ3n) is 4.63. The van der Waals surface area contributed by atoms with Gasteiger partial charge in [0.05, 0.1) is 11.0 Å². The van der Waals surface area contributed by atoms with Crippen LogP contribution in [0.2, 0.25) is 0 Å². The van der Waals surface area contributed by atoms with Crippen LogP contribution >= 0.6 is 0 Å². The number of nitrogens with zero attached hydrogens (tertiary/aromatic N) is 2. The summed E-state index contributed by atoms with van der Waals surface area (Å²) in [6, 6.07) is 9.07. The smallest absolute Gasteiger partial charge is 0.170 e. The minimum absolute atomic E-state index is 0.204. The zero-order valence-electron chi connectivity index (χ0n) is 12.8. The van der Waals surface area contributed by atoms with Crippen LogP contribution in [0.5, 0.6) is 0 Å². The summed E-state index contributed by atoms with van der Waals surface area (Å²) in [7, 11) is 0. The summed E-state index contributed by atoms with van der Waals surface area (Å²) < 4.78 is 0. The number of hydrogen-bond acceptors (Lipinski definition) is 5. The summed E-state index contributed by atoms with van der Waals surface area (Å²) in [5, 5.41) is 7.07. The van der Waals surface area contributed by atoms with Crippen LogP contribution in [-0.2, 0) is 0 Å². The van der Waals surface area contributed by atoms with Gasteiger partial charge in [-0.3, -0.25) is 0 Å². The van der Waals surface area contributed by atoms with Crippen LogP contribution in [-0.4, -0.2) is 28.1 Å². The second kappa shape index (κ2) is 5.72. The van der Waals surface area contributed by atoms with Crippen molar-refractivity contribution in [2.75, 3.05) is 10.6 Å². The molecule has 0 saturated heterocycles. The average molecular weight is 297 g/mol. The van der Waals surface area contributed by atoms with E-state index in [9.17, 15) is 0 Å². The molecule has 2 aliphatic carbocycles. The monoisotopic (exact) mass is 297 g/mol. The fourth-order valence-corrected chi connectivity index (χ4v) is 3.14. The Morgan fingerprint density at radius 1 is 0.864 bits per heavy atom. The first-order valence-corrected chi connectivity index (χ1v) is 8.35. The number of anilines is 2. The molecule has 5 nitrogen and oxygen atoms in total. The van der Waals surface area contributed by atoms with E-state index in [2.05, 4.69) is 10.6 Å². The first kappa shape index (κ1) is 13.8. The molecule has 0 spiro atoms. The number of aromatic nitrogens is 2. The fourth-order valence-electron chi connectivity index (χ4n) is 3.14. The van der Waals surface area contributed by atoms with E-state index >= 15 is 0 Å². The summed E-state index contributed by atoms with van der Waals surface area (Å²) in [5.41, 5.74) is 8.13. The minimum atomic E-state index is 0.204. The Labute approximate surface area is 130 Å². The maximum atomic E-state index is 6.27. The van der Waals surface area contributed by atoms with E-state index in [-0.39, 0.29) is 6.04 Å². The van der Waals surface area contributed by atoms with Gasteiger partial charge in [-0.05, 0) is 37.8 Å². The van der Waals surface area contributed by atoms with Crippen molar-refractivity contribution in [2.24, 2.45) is 5.73 Å². The summed E-state index contributed by atoms with van der Waals surface area (Å²) in [6.07, 6.45) is 7.10. The van der Waals surface area contributed by atoms with Gasteiger partial charge in [-0.2, -0.15) is 0 Å². The molecule has 116 valence electrons. The lowest BCUT2D eigenvalue weighted by Gasteiger charge is -2.30. The van der Waals surface area contributed by atoms with Gasteiger partial charge in [0.1, 0.15) is 0 Å². The van der Waals surface area contributed by atoms with Gasteiger partial charge in [0.2, 0.25) is 0 Å². The lowest BCUT2D eigenvalue weighted by Crippen LogP contribution is -2.43. The van der Waals surface area contributed by atoms with Gasteiger partial charge in [-0.15, -0.1) is 0 Å². The number of nitrogens with one attached hydrogen (secondary N) is 2. The molecule has 1 aromatic heterocycles. The van der Waals surface area contributed by atoms with E-state index in [1.165, 1.54) is 25.7 Å². The molecular formula is C17H23N5. The highest BCUT2D eigenvalue weighted by molar-refractivity contribution is 5.80. The molecule has 0 radical (unpaired) electrons. The normalized spacial score (nSPS) is 25.1. The molecule has 2 aromatic rings. The molecule has 0 amide bonds. The van der Waals surface area contributed by atoms with Gasteiger partial charge in [-0.25, -0.2) is 9.97 Å². The van der Waals surface area contributed by atoms with Gasteiger partial charge >= 0.3 is 0 Å². The minimum Gasteiger partial charge on any atom is -0.364 e. The highest BCUT2D eigenvalue weighted by Gasteiger charge is 2.26. The largest absolute Gasteiger partial charge is 0.364 e. The third kappa shape index (κ3) is 2.86. The predicted molar refractivity (Wildman–Crippen MR) is 90.0 cm³/mol. The van der Waals surface area contributed by atoms with Crippen molar-refractivity contribution in [3.63, 3.8) is 0 Å². The molecule has 2 fully saturated rings. The summed E-state index contributed by atoms with van der Waals surface area (Å²) in [5.74, 6) is 1.73. The lowest BCUT2D eigenvalue weighted by atomic mass is 9.91. The van der Waals surface area contributed by atoms with Gasteiger partial charge < -0.3 is 16.4 Å². The molecule has 22 heavy (non-hydrogen) atoms. The molecule has 2 atom stereocenters. The maximum absolute atomic E-state index is 6.27. The van der Waals surface area contributed by atoms with E-state index in [1.807, 2.05) is 24.3 Å². The predicted octanol–water partition coefficient (Wildman–Crippen LogP) is 2.89. The van der Waals surface area contributed by atoms with Gasteiger partial charge in [0.15, 0.2) is 11.6 Å². The fraction of sp³-hybridized carbons (Fsp3) is 0.529. The first-order valence-electron chi connectivity index (χ1n) is 8.35. The summed E-state index contributed by atoms with van der Waals surface area (Å²) in [4.78, 5) is 9.56. The van der Waals surface area contributed by atoms with E-state index in [1.54, 1.807) is 0 Å². The zero-order valence-corrected chi connectivity index (χ0v) is 12.8. The van der Waals surface area contributed by atoms with E-state index < -0.39 is 0 Å². The Hall–Kier alpha value is -1.88. The van der Waals surface area contributed by atoms with E-state index in [4.69, 9.17) is 15.7 Å². The second-order valence-corrected chi connectivity index (χ2v) is 6.53. The molecule has 0 bridgehead atoms. The molecule has 4 rings (SSSR count). The summed E-state index contributed by atoms with van der Waals surface area (Å²) in [6.45, 7) is 0. The highest BCUT2D eigenvalue weighted by atomic mass is 15.1. The van der Waals surface area contributed by atoms with Crippen molar-refractivity contribution in [3.05, 3.63) is 24.3 Å². The Morgan fingerprint density at radius 2 is 1.50 bits per heavy atom. The number of nitrogens with two attached hydrogens (primary N) is 1. The number of benzene rings is 1. The second-order valence-electron chi connectivity index (χ2n) is 6.53. The first-order chi connectivity index (χ1) is 10.8. The SMILES string of the molecule is NC1CCCCC1Nc1nc2ccccc2nc1NC1CC1. The third-order valence-corrected chi connectivity index (χ3v) is 4.63. The molecule has 2 saturated carbocycles. The van der Waals surface area contributed by atoms with Crippen molar-refractivity contribution < 1.29 is 0 Å². The van der Waals surface area contributed by atoms with Crippen molar-refractivity contribution in [3.8, 4) is 0 Å². The average Bonchev–Trinajstić information content (AvgIpc) is 3.34. The van der Waals surface area contributed by atoms with Crippen LogP contribution in [0.25, 0.3) is 11.0 Å². The zero-order chi connectivity index (χ0) is 14.9. The van der Waals surface area contributed by atoms with Crippen LogP contribution in [0, 0.1) is 0 Å². The topological polar surface area (TPSA) is 75.9 Å². The van der Waals surface area contributed by atoms with Crippen LogP contribution < -0.4 is 16.4 Å². The number of para-hydroxylation sites is 2. The van der Waals surface area contributed by atoms with Gasteiger partial charge in [-0.1, -0.05) is 25.0 Å². The summed E-state index contributed by atoms with van der Waals surface area (Å²) >= 11 is 0. The van der Waals surface area contributed by atoms with Gasteiger partial charge in [0.25, 0.3) is 0 Å². The van der Waals surface area contributed by atoms with E-state index in [0.29, 0.717) is 12.1 Å². The molecule has 2 unspecified atom stereocenters. The van der Waals surface area contributed by atoms with Crippen LogP contribution in [0.3, 0.4) is 0 Å². The Morgan fingerprint density at radius 3 is 2.14 bits per heavy atom. The molecule has 2 aliphatic rings. The van der Waals surface area contributed by atoms with Crippen LogP contribution in [0.4, 0.5) is 11.6 Å². The number of hydrogen-bond donors (Lipinski definition) is 3. The van der Waals surface area contributed by atoms with Crippen LogP contribution in [0.15, 0.2) is 24.3 Å². The molecular weight excluding hydrogens is 274 g/mol. The van der Waals surface area contributed by atoms with E-state index in [0.717, 1.165) is 35.5 Å². The molecule has 5 heteroatoms.